The van der Waals surface area contributed by atoms with Gasteiger partial charge in [-0.2, -0.15) is 0 Å². The molecule has 2 aliphatic heterocycles. The molecule has 83 heavy (non-hydrogen) atoms. The average Bonchev–Trinajstić information content (AvgIpc) is 2.83. The first kappa shape index (κ1) is 61.2. The van der Waals surface area contributed by atoms with Crippen LogP contribution in [-0.2, 0) is 52.2 Å². The molecular weight excluding hydrogens is 1100 g/mol. The van der Waals surface area contributed by atoms with E-state index in [1.165, 1.54) is 52.3 Å². The number of esters is 2. The Morgan fingerprint density at radius 2 is 0.940 bits per heavy atom. The molecule has 448 valence electrons. The summed E-state index contributed by atoms with van der Waals surface area (Å²) >= 11 is 0. The van der Waals surface area contributed by atoms with Gasteiger partial charge in [0.1, 0.15) is 59.5 Å². The summed E-state index contributed by atoms with van der Waals surface area (Å²) in [7, 11) is 2.78. The summed E-state index contributed by atoms with van der Waals surface area (Å²) in [5.41, 5.74) is -3.55. The fraction of sp³-hybridized carbons (Fsp3) is 0.464. The number of aromatic amines is 2. The van der Waals surface area contributed by atoms with Gasteiger partial charge >= 0.3 is 23.2 Å². The number of benzene rings is 2. The van der Waals surface area contributed by atoms with Crippen molar-refractivity contribution in [3.8, 4) is 23.0 Å². The summed E-state index contributed by atoms with van der Waals surface area (Å²) in [5, 5.41) is 49.7. The van der Waals surface area contributed by atoms with Crippen LogP contribution in [0.15, 0.2) is 67.0 Å². The van der Waals surface area contributed by atoms with E-state index in [0.717, 1.165) is 11.4 Å². The zero-order valence-corrected chi connectivity index (χ0v) is 47.0. The van der Waals surface area contributed by atoms with Crippen LogP contribution >= 0.6 is 0 Å². The highest BCUT2D eigenvalue weighted by atomic mass is 16.7. The number of nitrogens with one attached hydrogen (secondary N) is 4. The topological polar surface area (TPSA) is 367 Å². The lowest BCUT2D eigenvalue weighted by Gasteiger charge is -2.47. The molecule has 6 heterocycles. The van der Waals surface area contributed by atoms with Crippen LogP contribution in [0.2, 0.25) is 0 Å². The Morgan fingerprint density at radius 1 is 0.566 bits per heavy atom. The Bertz CT molecular complexity index is 3260. The van der Waals surface area contributed by atoms with Gasteiger partial charge in [-0.25, -0.2) is 19.2 Å². The Morgan fingerprint density at radius 3 is 1.29 bits per heavy atom. The number of methoxy groups -OCH3 is 2. The van der Waals surface area contributed by atoms with E-state index in [9.17, 15) is 49.2 Å². The monoisotopic (exact) mass is 1160 g/mol. The molecule has 8 rings (SSSR count). The van der Waals surface area contributed by atoms with Gasteiger partial charge in [0.2, 0.25) is 12.6 Å². The molecule has 2 aromatic carbocycles. The van der Waals surface area contributed by atoms with Gasteiger partial charge in [0, 0.05) is 36.7 Å². The summed E-state index contributed by atoms with van der Waals surface area (Å²) in [4.78, 5) is 83.6. The molecule has 0 radical (unpaired) electrons. The van der Waals surface area contributed by atoms with Crippen LogP contribution in [0.5, 0.6) is 23.0 Å². The molecule has 27 nitrogen and oxygen atoms in total. The number of hydrogen-bond acceptors (Lipinski definition) is 23. The Hall–Kier alpha value is -7.86. The maximum absolute atomic E-state index is 13.1. The zero-order valence-electron chi connectivity index (χ0n) is 47.0. The standard InChI is InChI=1S/C56H66N4O23/c1-25-11-15-31(57-25)49(67)80-45-41(65)53(82-55(5,6)47(45)71-9)76-33-17-13-29-39(63)37(51(69)78-43(29)27(33)3)59-35(61)23-74-21-19-73-20-22-75-24-36(62)60-38-40(64)30-14-18-34(28(4)44(30)79-52(38)70)77-54-42(66)46(48(72-10)56(7,8)83-54)81-50(68)32-16-12-26(2)58-32/h11-18,41-42,45-48,53-54,57-58,63-66H,19-24H2,1-10H3,(H,59,61)(H,60,62). The lowest BCUT2D eigenvalue weighted by molar-refractivity contribution is -0.305. The largest absolute Gasteiger partial charge is 0.505 e. The van der Waals surface area contributed by atoms with Crippen molar-refractivity contribution >= 4 is 57.1 Å². The number of rotatable bonds is 22. The fourth-order valence-corrected chi connectivity index (χ4v) is 9.72. The number of aryl methyl sites for hydroxylation is 4. The highest BCUT2D eigenvalue weighted by molar-refractivity contribution is 5.99. The van der Waals surface area contributed by atoms with Gasteiger partial charge in [-0.3, -0.25) is 9.59 Å². The van der Waals surface area contributed by atoms with Crippen LogP contribution in [0, 0.1) is 27.7 Å². The number of carbonyl (C=O) groups is 4. The number of aliphatic hydroxyl groups excluding tert-OH is 2. The maximum atomic E-state index is 13.1. The predicted octanol–water partition coefficient (Wildman–Crippen LogP) is 4.06. The van der Waals surface area contributed by atoms with E-state index < -0.39 is 131 Å². The second-order valence-electron chi connectivity index (χ2n) is 20.7. The van der Waals surface area contributed by atoms with Crippen molar-refractivity contribution in [1.82, 2.24) is 9.97 Å². The molecule has 0 bridgehead atoms. The van der Waals surface area contributed by atoms with E-state index in [4.69, 9.17) is 60.9 Å². The highest BCUT2D eigenvalue weighted by Crippen LogP contribution is 2.41. The molecule has 4 aromatic heterocycles. The van der Waals surface area contributed by atoms with Gasteiger partial charge in [0.15, 0.2) is 47.3 Å². The van der Waals surface area contributed by atoms with Crippen LogP contribution < -0.4 is 31.4 Å². The maximum Gasteiger partial charge on any atom is 0.364 e. The van der Waals surface area contributed by atoms with Crippen LogP contribution in [0.4, 0.5) is 11.4 Å². The first-order valence-electron chi connectivity index (χ1n) is 26.1. The molecule has 8 N–H and O–H groups in total. The van der Waals surface area contributed by atoms with Crippen LogP contribution in [0.25, 0.3) is 21.9 Å². The van der Waals surface area contributed by atoms with Gasteiger partial charge < -0.3 is 102 Å². The van der Waals surface area contributed by atoms with E-state index in [0.29, 0.717) is 0 Å². The van der Waals surface area contributed by atoms with Crippen molar-refractivity contribution in [3.63, 3.8) is 0 Å². The third kappa shape index (κ3) is 13.3. The SMILES string of the molecule is COC1C(OC(=O)c2ccc(C)[nH]2)C(O)C(Oc2ccc3c(O)c(NC(=O)COCCOCCOCC(=O)Nc4c(O)c5ccc(OC6OC(C)(C)C(OC)C(OC(=O)c7ccc(C)[nH]7)C6O)c(C)c5oc4=O)c(=O)oc3c2C)OC1(C)C. The summed E-state index contributed by atoms with van der Waals surface area (Å²) in [6.45, 7) is 11.9. The van der Waals surface area contributed by atoms with Gasteiger partial charge in [-0.15, -0.1) is 0 Å². The number of ether oxygens (including phenoxy) is 11. The summed E-state index contributed by atoms with van der Waals surface area (Å²) in [6.07, 6.45) is -10.2. The fourth-order valence-electron chi connectivity index (χ4n) is 9.72. The number of hydrogen-bond donors (Lipinski definition) is 8. The summed E-state index contributed by atoms with van der Waals surface area (Å²) in [5.74, 6) is -4.12. The smallest absolute Gasteiger partial charge is 0.364 e. The van der Waals surface area contributed by atoms with Crippen LogP contribution in [0.3, 0.4) is 0 Å². The molecule has 8 atom stereocenters. The van der Waals surface area contributed by atoms with Gasteiger partial charge in [-0.1, -0.05) is 0 Å². The number of aromatic nitrogens is 2. The minimum absolute atomic E-state index is 0.0226. The number of carbonyl (C=O) groups excluding carboxylic acids is 4. The third-order valence-corrected chi connectivity index (χ3v) is 13.9. The van der Waals surface area contributed by atoms with E-state index >= 15 is 0 Å². The molecule has 0 aliphatic carbocycles. The van der Waals surface area contributed by atoms with E-state index in [-0.39, 0.29) is 82.4 Å². The molecule has 6 aromatic rings. The van der Waals surface area contributed by atoms with Crippen molar-refractivity contribution in [2.75, 3.05) is 64.5 Å². The van der Waals surface area contributed by atoms with Crippen molar-refractivity contribution in [2.45, 2.75) is 116 Å². The molecule has 2 aliphatic rings. The molecule has 27 heteroatoms. The number of amides is 2. The Labute approximate surface area is 472 Å². The minimum Gasteiger partial charge on any atom is -0.505 e. The molecule has 2 fully saturated rings. The molecule has 8 unspecified atom stereocenters. The number of H-pyrrole nitrogens is 2. The number of anilines is 2. The lowest BCUT2D eigenvalue weighted by atomic mass is 9.89. The minimum atomic E-state index is -1.56. The second-order valence-corrected chi connectivity index (χ2v) is 20.7. The van der Waals surface area contributed by atoms with Crippen molar-refractivity contribution < 1.29 is 101 Å². The van der Waals surface area contributed by atoms with E-state index in [2.05, 4.69) is 20.6 Å². The normalized spacial score (nSPS) is 22.0. The first-order chi connectivity index (χ1) is 39.3. The molecular formula is C56H66N4O23. The van der Waals surface area contributed by atoms with Gasteiger partial charge in [0.05, 0.1) is 48.4 Å². The highest BCUT2D eigenvalue weighted by Gasteiger charge is 2.55. The summed E-state index contributed by atoms with van der Waals surface area (Å²) in [6, 6.07) is 12.1. The van der Waals surface area contributed by atoms with Crippen LogP contribution in [0.1, 0.15) is 71.2 Å². The first-order valence-corrected chi connectivity index (χ1v) is 26.1. The van der Waals surface area contributed by atoms with Crippen molar-refractivity contribution in [2.24, 2.45) is 0 Å². The molecule has 0 spiro atoms. The van der Waals surface area contributed by atoms with E-state index in [1.54, 1.807) is 65.8 Å². The van der Waals surface area contributed by atoms with Gasteiger partial charge in [0.25, 0.3) is 11.8 Å². The predicted molar refractivity (Wildman–Crippen MR) is 290 cm³/mol. The number of aromatic hydroxyl groups is 2. The molecule has 2 amide bonds. The van der Waals surface area contributed by atoms with Gasteiger partial charge in [-0.05, 0) is 104 Å². The zero-order chi connectivity index (χ0) is 60.2. The Kier molecular flexibility index (Phi) is 18.7. The van der Waals surface area contributed by atoms with E-state index in [1.807, 2.05) is 0 Å². The average molecular weight is 1160 g/mol. The van der Waals surface area contributed by atoms with Crippen LogP contribution in [-0.4, -0.2) is 168 Å². The Balaban J connectivity index is 0.772. The van der Waals surface area contributed by atoms with Crippen molar-refractivity contribution in [1.29, 1.82) is 0 Å². The number of fused-ring (bicyclic) bond motifs is 2. The third-order valence-electron chi connectivity index (χ3n) is 13.9. The lowest BCUT2D eigenvalue weighted by Crippen LogP contribution is -2.65. The number of aliphatic hydroxyl groups is 2. The molecule has 0 saturated carbocycles. The second kappa shape index (κ2) is 25.3. The molecule has 2 saturated heterocycles. The quantitative estimate of drug-likeness (QED) is 0.0270. The summed E-state index contributed by atoms with van der Waals surface area (Å²) < 4.78 is 74.1. The van der Waals surface area contributed by atoms with Crippen molar-refractivity contribution in [3.05, 3.63) is 103 Å².